The van der Waals surface area contributed by atoms with Gasteiger partial charge in [-0.1, -0.05) is 311 Å². The first-order valence-electron chi connectivity index (χ1n) is 36.6. The van der Waals surface area contributed by atoms with E-state index in [0.717, 1.165) is 115 Å². The number of ether oxygens (including phenoxy) is 4. The van der Waals surface area contributed by atoms with Gasteiger partial charge in [0.1, 0.15) is 19.3 Å². The lowest BCUT2D eigenvalue weighted by Crippen LogP contribution is -2.30. The molecule has 0 aliphatic carbocycles. The number of aliphatic hydroxyl groups excluding tert-OH is 1. The summed E-state index contributed by atoms with van der Waals surface area (Å²) in [6.07, 6.45) is 50.7. The van der Waals surface area contributed by atoms with Gasteiger partial charge in [0, 0.05) is 25.7 Å². The lowest BCUT2D eigenvalue weighted by molar-refractivity contribution is -0.161. The molecule has 0 spiro atoms. The summed E-state index contributed by atoms with van der Waals surface area (Å²) in [5.74, 6) is -1.32. The zero-order chi connectivity index (χ0) is 65.6. The molecular formula is C70H136O17P2. The fraction of sp³-hybridized carbons (Fsp3) is 0.943. The molecule has 3 N–H and O–H groups in total. The lowest BCUT2D eigenvalue weighted by atomic mass is 10.0. The van der Waals surface area contributed by atoms with Gasteiger partial charge >= 0.3 is 39.5 Å². The minimum atomic E-state index is -4.95. The number of phosphoric acid groups is 2. The summed E-state index contributed by atoms with van der Waals surface area (Å²) >= 11 is 0. The van der Waals surface area contributed by atoms with Crippen LogP contribution in [0.3, 0.4) is 0 Å². The highest BCUT2D eigenvalue weighted by Crippen LogP contribution is 2.45. The average Bonchev–Trinajstić information content (AvgIpc) is 3.66. The third-order valence-electron chi connectivity index (χ3n) is 16.3. The monoisotopic (exact) mass is 1310 g/mol. The van der Waals surface area contributed by atoms with Crippen LogP contribution in [0.5, 0.6) is 0 Å². The Morgan fingerprint density at radius 3 is 0.764 bits per heavy atom. The van der Waals surface area contributed by atoms with Gasteiger partial charge in [-0.15, -0.1) is 0 Å². The van der Waals surface area contributed by atoms with Crippen LogP contribution in [0.25, 0.3) is 0 Å². The normalized spacial score (nSPS) is 14.1. The van der Waals surface area contributed by atoms with Gasteiger partial charge < -0.3 is 33.8 Å². The molecule has 89 heavy (non-hydrogen) atoms. The molecule has 0 rings (SSSR count). The first kappa shape index (κ1) is 87.1. The molecule has 0 aliphatic heterocycles. The van der Waals surface area contributed by atoms with Crippen molar-refractivity contribution in [3.05, 3.63) is 0 Å². The van der Waals surface area contributed by atoms with Crippen molar-refractivity contribution in [3.63, 3.8) is 0 Å². The predicted octanol–water partition coefficient (Wildman–Crippen LogP) is 20.1. The van der Waals surface area contributed by atoms with E-state index in [2.05, 4.69) is 34.6 Å². The number of carbonyl (C=O) groups excluding carboxylic acids is 4. The van der Waals surface area contributed by atoms with Crippen molar-refractivity contribution in [2.75, 3.05) is 39.6 Å². The van der Waals surface area contributed by atoms with Crippen LogP contribution in [0.2, 0.25) is 0 Å². The first-order chi connectivity index (χ1) is 43.0. The van der Waals surface area contributed by atoms with Crippen LogP contribution < -0.4 is 0 Å². The van der Waals surface area contributed by atoms with E-state index in [9.17, 15) is 43.2 Å². The molecule has 0 aromatic rings. The SMILES string of the molecule is CCCCCCCCCCCCCCCCCCC(=O)OC[C@H](COP(=O)(O)OC[C@@H](O)COP(=O)(O)OC[C@@H](COC(=O)CCCCCCC)OC(=O)CCCCCCCCC)OC(=O)CCCCCCCCCCCCCCCCCCCCC(C)C. The number of carbonyl (C=O) groups is 4. The van der Waals surface area contributed by atoms with Crippen molar-refractivity contribution in [2.24, 2.45) is 5.92 Å². The Morgan fingerprint density at radius 2 is 0.517 bits per heavy atom. The molecule has 17 nitrogen and oxygen atoms in total. The van der Waals surface area contributed by atoms with Crippen LogP contribution in [0.4, 0.5) is 0 Å². The van der Waals surface area contributed by atoms with Crippen LogP contribution >= 0.6 is 15.6 Å². The van der Waals surface area contributed by atoms with Crippen molar-refractivity contribution in [1.82, 2.24) is 0 Å². The summed E-state index contributed by atoms with van der Waals surface area (Å²) in [6, 6.07) is 0. The summed E-state index contributed by atoms with van der Waals surface area (Å²) < 4.78 is 67.9. The minimum Gasteiger partial charge on any atom is -0.462 e. The molecule has 19 heteroatoms. The van der Waals surface area contributed by atoms with Crippen LogP contribution in [-0.4, -0.2) is 96.7 Å². The summed E-state index contributed by atoms with van der Waals surface area (Å²) in [6.45, 7) is 7.15. The fourth-order valence-electron chi connectivity index (χ4n) is 10.6. The lowest BCUT2D eigenvalue weighted by Gasteiger charge is -2.21. The molecule has 0 amide bonds. The second-order valence-electron chi connectivity index (χ2n) is 25.7. The molecule has 5 atom stereocenters. The highest BCUT2D eigenvalue weighted by atomic mass is 31.2. The molecule has 0 aromatic carbocycles. The second-order valence-corrected chi connectivity index (χ2v) is 28.7. The smallest absolute Gasteiger partial charge is 0.462 e. The van der Waals surface area contributed by atoms with E-state index in [0.29, 0.717) is 25.7 Å². The maximum Gasteiger partial charge on any atom is 0.472 e. The van der Waals surface area contributed by atoms with Gasteiger partial charge in [-0.25, -0.2) is 9.13 Å². The number of phosphoric ester groups is 2. The third-order valence-corrected chi connectivity index (χ3v) is 18.2. The molecule has 528 valence electrons. The predicted molar refractivity (Wildman–Crippen MR) is 358 cm³/mol. The third kappa shape index (κ3) is 64.6. The molecule has 0 fully saturated rings. The molecule has 0 radical (unpaired) electrons. The zero-order valence-corrected chi connectivity index (χ0v) is 59.4. The van der Waals surface area contributed by atoms with Crippen molar-refractivity contribution >= 4 is 39.5 Å². The van der Waals surface area contributed by atoms with E-state index in [1.54, 1.807) is 0 Å². The average molecular weight is 1310 g/mol. The van der Waals surface area contributed by atoms with E-state index in [1.165, 1.54) is 167 Å². The van der Waals surface area contributed by atoms with Gasteiger partial charge in [0.2, 0.25) is 0 Å². The molecular weight excluding hydrogens is 1170 g/mol. The summed E-state index contributed by atoms with van der Waals surface area (Å²) in [4.78, 5) is 72.1. The zero-order valence-electron chi connectivity index (χ0n) is 57.6. The Hall–Kier alpha value is -1.94. The second kappa shape index (κ2) is 63.5. The molecule has 0 aromatic heterocycles. The number of rotatable bonds is 70. The van der Waals surface area contributed by atoms with Crippen molar-refractivity contribution in [1.29, 1.82) is 0 Å². The Labute approximate surface area is 543 Å². The Bertz CT molecular complexity index is 1720. The Morgan fingerprint density at radius 1 is 0.303 bits per heavy atom. The van der Waals surface area contributed by atoms with Gasteiger partial charge in [0.05, 0.1) is 26.4 Å². The van der Waals surface area contributed by atoms with E-state index in [1.807, 2.05) is 0 Å². The van der Waals surface area contributed by atoms with Crippen LogP contribution in [0, 0.1) is 5.92 Å². The molecule has 0 aliphatic rings. The van der Waals surface area contributed by atoms with Crippen molar-refractivity contribution in [2.45, 2.75) is 380 Å². The highest BCUT2D eigenvalue weighted by molar-refractivity contribution is 7.47. The topological polar surface area (TPSA) is 237 Å². The van der Waals surface area contributed by atoms with E-state index < -0.39 is 97.5 Å². The van der Waals surface area contributed by atoms with Crippen molar-refractivity contribution in [3.8, 4) is 0 Å². The van der Waals surface area contributed by atoms with Crippen molar-refractivity contribution < 1.29 is 80.2 Å². The van der Waals surface area contributed by atoms with Gasteiger partial charge in [0.25, 0.3) is 0 Å². The largest absolute Gasteiger partial charge is 0.472 e. The Balaban J connectivity index is 5.08. The first-order valence-corrected chi connectivity index (χ1v) is 39.6. The van der Waals surface area contributed by atoms with E-state index in [-0.39, 0.29) is 25.7 Å². The number of aliphatic hydroxyl groups is 1. The standard InChI is InChI=1S/C70H136O17P2/c1-6-9-12-15-17-18-19-20-21-27-30-33-36-40-44-49-54-68(73)81-60-66(87-70(75)56-51-46-41-37-34-31-28-25-23-22-24-26-29-32-35-39-43-47-52-63(4)5)62-85-89(78,79)83-58-64(71)57-82-88(76,77)84-61-65(59-80-67(72)53-48-42-14-11-8-3)86-69(74)55-50-45-38-16-13-10-7-2/h63-66,71H,6-62H2,1-5H3,(H,76,77)(H,78,79)/t64-,65+,66+/m0/s1. The summed E-state index contributed by atoms with van der Waals surface area (Å²) in [5, 5.41) is 10.5. The minimum absolute atomic E-state index is 0.103. The summed E-state index contributed by atoms with van der Waals surface area (Å²) in [7, 11) is -9.88. The van der Waals surface area contributed by atoms with Gasteiger partial charge in [-0.05, 0) is 31.6 Å². The van der Waals surface area contributed by atoms with Gasteiger partial charge in [0.15, 0.2) is 12.2 Å². The molecule has 0 saturated carbocycles. The van der Waals surface area contributed by atoms with E-state index >= 15 is 0 Å². The van der Waals surface area contributed by atoms with E-state index in [4.69, 9.17) is 37.0 Å². The highest BCUT2D eigenvalue weighted by Gasteiger charge is 2.30. The molecule has 2 unspecified atom stereocenters. The van der Waals surface area contributed by atoms with Crippen LogP contribution in [-0.2, 0) is 65.4 Å². The molecule has 0 saturated heterocycles. The quantitative estimate of drug-likeness (QED) is 0.0222. The molecule has 0 bridgehead atoms. The molecule has 0 heterocycles. The Kier molecular flexibility index (Phi) is 62.1. The number of unbranched alkanes of at least 4 members (excludes halogenated alkanes) is 42. The van der Waals surface area contributed by atoms with Crippen LogP contribution in [0.15, 0.2) is 0 Å². The maximum absolute atomic E-state index is 13.0. The summed E-state index contributed by atoms with van der Waals surface area (Å²) in [5.41, 5.74) is 0. The number of hydrogen-bond donors (Lipinski definition) is 3. The fourth-order valence-corrected chi connectivity index (χ4v) is 12.2. The van der Waals surface area contributed by atoms with Gasteiger partial charge in [-0.2, -0.15) is 0 Å². The van der Waals surface area contributed by atoms with Gasteiger partial charge in [-0.3, -0.25) is 37.3 Å². The maximum atomic E-state index is 13.0. The van der Waals surface area contributed by atoms with Crippen LogP contribution in [0.1, 0.15) is 362 Å². The number of esters is 4. The number of hydrogen-bond acceptors (Lipinski definition) is 15.